The maximum absolute atomic E-state index is 11.3. The van der Waals surface area contributed by atoms with Gasteiger partial charge in [-0.1, -0.05) is 12.1 Å². The minimum absolute atomic E-state index is 0.221. The molecule has 0 bridgehead atoms. The van der Waals surface area contributed by atoms with E-state index in [9.17, 15) is 4.79 Å². The van der Waals surface area contributed by atoms with Crippen molar-refractivity contribution in [2.75, 3.05) is 13.7 Å². The van der Waals surface area contributed by atoms with Gasteiger partial charge < -0.3 is 10.1 Å². The highest BCUT2D eigenvalue weighted by atomic mass is 16.5. The summed E-state index contributed by atoms with van der Waals surface area (Å²) in [5, 5.41) is 11.3. The Labute approximate surface area is 101 Å². The minimum Gasteiger partial charge on any atom is -0.497 e. The highest BCUT2D eigenvalue weighted by Crippen LogP contribution is 2.11. The van der Waals surface area contributed by atoms with Crippen LogP contribution in [0.1, 0.15) is 12.5 Å². The lowest BCUT2D eigenvalue weighted by atomic mass is 10.1. The molecule has 0 saturated heterocycles. The van der Waals surface area contributed by atoms with E-state index in [0.717, 1.165) is 17.7 Å². The van der Waals surface area contributed by atoms with Gasteiger partial charge in [0.05, 0.1) is 13.2 Å². The van der Waals surface area contributed by atoms with E-state index in [1.54, 1.807) is 14.0 Å². The molecule has 4 heteroatoms. The van der Waals surface area contributed by atoms with E-state index in [1.807, 2.05) is 30.3 Å². The summed E-state index contributed by atoms with van der Waals surface area (Å²) in [6.45, 7) is 2.12. The number of methoxy groups -OCH3 is 1. The maximum atomic E-state index is 11.3. The Bertz CT molecular complexity index is 406. The fraction of sp³-hybridized carbons (Fsp3) is 0.385. The third-order valence-electron chi connectivity index (χ3n) is 2.46. The molecule has 4 nitrogen and oxygen atoms in total. The van der Waals surface area contributed by atoms with Gasteiger partial charge in [0.1, 0.15) is 11.7 Å². The van der Waals surface area contributed by atoms with Gasteiger partial charge >= 0.3 is 0 Å². The van der Waals surface area contributed by atoms with E-state index < -0.39 is 5.92 Å². The summed E-state index contributed by atoms with van der Waals surface area (Å²) in [5.41, 5.74) is 1.12. The van der Waals surface area contributed by atoms with Crippen LogP contribution >= 0.6 is 0 Å². The summed E-state index contributed by atoms with van der Waals surface area (Å²) in [6, 6.07) is 9.58. The molecule has 1 amide bonds. The van der Waals surface area contributed by atoms with E-state index in [1.165, 1.54) is 0 Å². The molecule has 17 heavy (non-hydrogen) atoms. The van der Waals surface area contributed by atoms with Crippen LogP contribution in [0.2, 0.25) is 0 Å². The highest BCUT2D eigenvalue weighted by Gasteiger charge is 2.09. The van der Waals surface area contributed by atoms with Crippen LogP contribution in [0.15, 0.2) is 24.3 Å². The summed E-state index contributed by atoms with van der Waals surface area (Å²) in [5.74, 6) is 0.00256. The Balaban J connectivity index is 2.36. The van der Waals surface area contributed by atoms with Gasteiger partial charge in [0, 0.05) is 6.54 Å². The smallest absolute Gasteiger partial charge is 0.237 e. The van der Waals surface area contributed by atoms with Crippen LogP contribution in [-0.4, -0.2) is 19.6 Å². The van der Waals surface area contributed by atoms with Crippen LogP contribution < -0.4 is 10.1 Å². The number of amides is 1. The molecular formula is C13H16N2O2. The SMILES string of the molecule is COc1ccc(CCNC(=O)C(C)C#N)cc1. The van der Waals surface area contributed by atoms with Crippen molar-refractivity contribution in [2.45, 2.75) is 13.3 Å². The predicted molar refractivity (Wildman–Crippen MR) is 64.5 cm³/mol. The summed E-state index contributed by atoms with van der Waals surface area (Å²) >= 11 is 0. The predicted octanol–water partition coefficient (Wildman–Crippen LogP) is 1.51. The van der Waals surface area contributed by atoms with Crippen LogP contribution in [-0.2, 0) is 11.2 Å². The molecule has 1 N–H and O–H groups in total. The first-order valence-electron chi connectivity index (χ1n) is 5.47. The van der Waals surface area contributed by atoms with Crippen molar-refractivity contribution in [3.63, 3.8) is 0 Å². The molecule has 0 aliphatic rings. The number of carbonyl (C=O) groups is 1. The van der Waals surface area contributed by atoms with Crippen molar-refractivity contribution in [3.05, 3.63) is 29.8 Å². The number of nitrogens with zero attached hydrogens (tertiary/aromatic N) is 1. The van der Waals surface area contributed by atoms with Gasteiger partial charge in [0.2, 0.25) is 5.91 Å². The molecule has 0 heterocycles. The number of rotatable bonds is 5. The zero-order valence-electron chi connectivity index (χ0n) is 10.1. The van der Waals surface area contributed by atoms with Crippen LogP contribution in [0, 0.1) is 17.2 Å². The Kier molecular flexibility index (Phi) is 5.02. The first-order chi connectivity index (χ1) is 8.17. The van der Waals surface area contributed by atoms with Crippen molar-refractivity contribution in [3.8, 4) is 11.8 Å². The molecule has 0 aliphatic carbocycles. The summed E-state index contributed by atoms with van der Waals surface area (Å²) in [7, 11) is 1.62. The van der Waals surface area contributed by atoms with Crippen molar-refractivity contribution < 1.29 is 9.53 Å². The van der Waals surface area contributed by atoms with Crippen molar-refractivity contribution >= 4 is 5.91 Å². The number of nitrogens with one attached hydrogen (secondary N) is 1. The molecule has 0 aromatic heterocycles. The summed E-state index contributed by atoms with van der Waals surface area (Å²) < 4.78 is 5.05. The first-order valence-corrected chi connectivity index (χ1v) is 5.47. The molecule has 1 aromatic rings. The number of benzene rings is 1. The molecule has 1 rings (SSSR count). The number of ether oxygens (including phenoxy) is 1. The van der Waals surface area contributed by atoms with Crippen molar-refractivity contribution in [1.29, 1.82) is 5.26 Å². The van der Waals surface area contributed by atoms with E-state index in [-0.39, 0.29) is 5.91 Å². The van der Waals surface area contributed by atoms with E-state index in [4.69, 9.17) is 10.00 Å². The fourth-order valence-corrected chi connectivity index (χ4v) is 1.33. The van der Waals surface area contributed by atoms with Gasteiger partial charge in [-0.05, 0) is 31.0 Å². The molecule has 1 unspecified atom stereocenters. The van der Waals surface area contributed by atoms with Gasteiger partial charge in [-0.2, -0.15) is 5.26 Å². The first kappa shape index (κ1) is 13.0. The quantitative estimate of drug-likeness (QED) is 0.837. The molecule has 1 aromatic carbocycles. The largest absolute Gasteiger partial charge is 0.497 e. The second-order valence-electron chi connectivity index (χ2n) is 3.74. The average Bonchev–Trinajstić information content (AvgIpc) is 2.38. The lowest BCUT2D eigenvalue weighted by Crippen LogP contribution is -2.30. The van der Waals surface area contributed by atoms with Crippen LogP contribution in [0.4, 0.5) is 0 Å². The molecule has 1 atom stereocenters. The monoisotopic (exact) mass is 232 g/mol. The van der Waals surface area contributed by atoms with Crippen LogP contribution in [0.25, 0.3) is 0 Å². The molecule has 0 fully saturated rings. The van der Waals surface area contributed by atoms with Gasteiger partial charge in [-0.25, -0.2) is 0 Å². The van der Waals surface area contributed by atoms with E-state index in [2.05, 4.69) is 5.32 Å². The van der Waals surface area contributed by atoms with Gasteiger partial charge in [-0.3, -0.25) is 4.79 Å². The lowest BCUT2D eigenvalue weighted by molar-refractivity contribution is -0.122. The molecular weight excluding hydrogens is 216 g/mol. The Hall–Kier alpha value is -2.02. The minimum atomic E-state index is -0.592. The Morgan fingerprint density at radius 3 is 2.65 bits per heavy atom. The Morgan fingerprint density at radius 2 is 2.12 bits per heavy atom. The van der Waals surface area contributed by atoms with Gasteiger partial charge in [0.25, 0.3) is 0 Å². The topological polar surface area (TPSA) is 62.1 Å². The zero-order valence-corrected chi connectivity index (χ0v) is 10.1. The molecule has 90 valence electrons. The number of hydrogen-bond acceptors (Lipinski definition) is 3. The van der Waals surface area contributed by atoms with Crippen molar-refractivity contribution in [2.24, 2.45) is 5.92 Å². The summed E-state index contributed by atoms with van der Waals surface area (Å²) in [4.78, 5) is 11.3. The number of hydrogen-bond donors (Lipinski definition) is 1. The number of carbonyl (C=O) groups excluding carboxylic acids is 1. The van der Waals surface area contributed by atoms with Crippen LogP contribution in [0.5, 0.6) is 5.75 Å². The van der Waals surface area contributed by atoms with Gasteiger partial charge in [0.15, 0.2) is 0 Å². The van der Waals surface area contributed by atoms with E-state index >= 15 is 0 Å². The molecule has 0 aliphatic heterocycles. The molecule has 0 radical (unpaired) electrons. The average molecular weight is 232 g/mol. The Morgan fingerprint density at radius 1 is 1.47 bits per heavy atom. The third kappa shape index (κ3) is 4.15. The normalized spacial score (nSPS) is 11.4. The lowest BCUT2D eigenvalue weighted by Gasteiger charge is -2.06. The maximum Gasteiger partial charge on any atom is 0.237 e. The molecule has 0 spiro atoms. The van der Waals surface area contributed by atoms with Gasteiger partial charge in [-0.15, -0.1) is 0 Å². The molecule has 0 saturated carbocycles. The zero-order chi connectivity index (χ0) is 12.7. The van der Waals surface area contributed by atoms with E-state index in [0.29, 0.717) is 6.54 Å². The third-order valence-corrected chi connectivity index (χ3v) is 2.46. The van der Waals surface area contributed by atoms with Crippen LogP contribution in [0.3, 0.4) is 0 Å². The second kappa shape index (κ2) is 6.54. The standard InChI is InChI=1S/C13H16N2O2/c1-10(9-14)13(16)15-8-7-11-3-5-12(17-2)6-4-11/h3-6,10H,7-8H2,1-2H3,(H,15,16). The fourth-order valence-electron chi connectivity index (χ4n) is 1.33. The number of nitriles is 1. The second-order valence-corrected chi connectivity index (χ2v) is 3.74. The van der Waals surface area contributed by atoms with Crippen molar-refractivity contribution in [1.82, 2.24) is 5.32 Å². The highest BCUT2D eigenvalue weighted by molar-refractivity contribution is 5.80. The summed E-state index contributed by atoms with van der Waals surface area (Å²) in [6.07, 6.45) is 0.744.